The molecule has 2 amide bonds. The molecule has 3 aromatic carbocycles. The number of hydrogen-bond donors (Lipinski definition) is 1. The highest BCUT2D eigenvalue weighted by atomic mass is 32.2. The fraction of sp³-hybridized carbons (Fsp3) is 0.355. The SMILES string of the molecule is Cc1ccc(S(=O)(=O)N(CC(=O)N(Cc2ccccc2F)[C@H](C)C(=O)NCC(C)C)c2cccc(C)c2C)cc1. The number of benzene rings is 3. The smallest absolute Gasteiger partial charge is 0.264 e. The molecule has 7 nitrogen and oxygen atoms in total. The van der Waals surface area contributed by atoms with Gasteiger partial charge in [0.05, 0.1) is 10.6 Å². The van der Waals surface area contributed by atoms with E-state index in [9.17, 15) is 22.4 Å². The number of hydrogen-bond acceptors (Lipinski definition) is 4. The number of nitrogens with one attached hydrogen (secondary N) is 1. The van der Waals surface area contributed by atoms with Crippen LogP contribution in [-0.4, -0.2) is 44.3 Å². The number of rotatable bonds is 11. The quantitative estimate of drug-likeness (QED) is 0.348. The van der Waals surface area contributed by atoms with E-state index in [-0.39, 0.29) is 22.9 Å². The van der Waals surface area contributed by atoms with E-state index in [1.807, 2.05) is 33.8 Å². The van der Waals surface area contributed by atoms with Gasteiger partial charge in [-0.1, -0.05) is 61.9 Å². The van der Waals surface area contributed by atoms with Gasteiger partial charge in [0.25, 0.3) is 10.0 Å². The summed E-state index contributed by atoms with van der Waals surface area (Å²) in [6, 6.07) is 16.7. The molecule has 0 radical (unpaired) electrons. The van der Waals surface area contributed by atoms with Crippen LogP contribution in [0.25, 0.3) is 0 Å². The van der Waals surface area contributed by atoms with Crippen molar-refractivity contribution in [2.45, 2.75) is 59.0 Å². The van der Waals surface area contributed by atoms with Crippen LogP contribution in [0.4, 0.5) is 10.1 Å². The van der Waals surface area contributed by atoms with Crippen LogP contribution >= 0.6 is 0 Å². The molecule has 0 bridgehead atoms. The average molecular weight is 568 g/mol. The van der Waals surface area contributed by atoms with Gasteiger partial charge in [0, 0.05) is 18.7 Å². The summed E-state index contributed by atoms with van der Waals surface area (Å²) in [4.78, 5) is 28.3. The molecule has 0 unspecified atom stereocenters. The van der Waals surface area contributed by atoms with Crippen molar-refractivity contribution in [2.24, 2.45) is 5.92 Å². The number of sulfonamides is 1. The van der Waals surface area contributed by atoms with Crippen LogP contribution in [0.2, 0.25) is 0 Å². The maximum Gasteiger partial charge on any atom is 0.264 e. The highest BCUT2D eigenvalue weighted by molar-refractivity contribution is 7.92. The van der Waals surface area contributed by atoms with Crippen molar-refractivity contribution in [3.8, 4) is 0 Å². The van der Waals surface area contributed by atoms with Gasteiger partial charge >= 0.3 is 0 Å². The van der Waals surface area contributed by atoms with Gasteiger partial charge in [0.2, 0.25) is 11.8 Å². The zero-order chi connectivity index (χ0) is 29.6. The van der Waals surface area contributed by atoms with Crippen molar-refractivity contribution in [3.63, 3.8) is 0 Å². The number of carbonyl (C=O) groups excluding carboxylic acids is 2. The van der Waals surface area contributed by atoms with E-state index < -0.39 is 40.2 Å². The number of aryl methyl sites for hydroxylation is 2. The van der Waals surface area contributed by atoms with Crippen molar-refractivity contribution in [3.05, 3.63) is 94.8 Å². The topological polar surface area (TPSA) is 86.8 Å². The van der Waals surface area contributed by atoms with Crippen LogP contribution in [0.1, 0.15) is 43.0 Å². The number of nitrogens with zero attached hydrogens (tertiary/aromatic N) is 2. The first-order chi connectivity index (χ1) is 18.8. The van der Waals surface area contributed by atoms with E-state index in [0.29, 0.717) is 17.8 Å². The Hall–Kier alpha value is -3.72. The molecular formula is C31H38FN3O4S. The monoisotopic (exact) mass is 567 g/mol. The highest BCUT2D eigenvalue weighted by Crippen LogP contribution is 2.29. The third-order valence-corrected chi connectivity index (χ3v) is 8.66. The Bertz CT molecular complexity index is 1460. The molecule has 3 aromatic rings. The van der Waals surface area contributed by atoms with Crippen LogP contribution in [0.15, 0.2) is 71.6 Å². The van der Waals surface area contributed by atoms with E-state index >= 15 is 0 Å². The van der Waals surface area contributed by atoms with E-state index in [2.05, 4.69) is 5.32 Å². The predicted octanol–water partition coefficient (Wildman–Crippen LogP) is 5.14. The Morgan fingerprint density at radius 2 is 1.55 bits per heavy atom. The lowest BCUT2D eigenvalue weighted by atomic mass is 10.1. The fourth-order valence-electron chi connectivity index (χ4n) is 4.20. The summed E-state index contributed by atoms with van der Waals surface area (Å²) in [5.74, 6) is -1.37. The minimum absolute atomic E-state index is 0.0372. The first-order valence-corrected chi connectivity index (χ1v) is 14.7. The molecule has 0 saturated heterocycles. The van der Waals surface area contributed by atoms with Gasteiger partial charge in [-0.2, -0.15) is 0 Å². The van der Waals surface area contributed by atoms with Gasteiger partial charge in [-0.05, 0) is 69.0 Å². The summed E-state index contributed by atoms with van der Waals surface area (Å²) in [5, 5.41) is 2.82. The van der Waals surface area contributed by atoms with E-state index in [0.717, 1.165) is 15.4 Å². The molecule has 40 heavy (non-hydrogen) atoms. The van der Waals surface area contributed by atoms with E-state index in [4.69, 9.17) is 0 Å². The minimum Gasteiger partial charge on any atom is -0.354 e. The molecule has 3 rings (SSSR count). The molecule has 0 saturated carbocycles. The number of amides is 2. The summed E-state index contributed by atoms with van der Waals surface area (Å²) in [7, 11) is -4.18. The summed E-state index contributed by atoms with van der Waals surface area (Å²) in [5.41, 5.74) is 3.04. The molecule has 0 aliphatic carbocycles. The molecule has 0 heterocycles. The van der Waals surface area contributed by atoms with Crippen LogP contribution in [-0.2, 0) is 26.2 Å². The van der Waals surface area contributed by atoms with Gasteiger partial charge in [0.1, 0.15) is 18.4 Å². The van der Waals surface area contributed by atoms with Gasteiger partial charge in [0.15, 0.2) is 0 Å². The van der Waals surface area contributed by atoms with Gasteiger partial charge in [-0.3, -0.25) is 13.9 Å². The van der Waals surface area contributed by atoms with Crippen LogP contribution in [0.5, 0.6) is 0 Å². The molecular weight excluding hydrogens is 529 g/mol. The van der Waals surface area contributed by atoms with Gasteiger partial charge < -0.3 is 10.2 Å². The Labute approximate surface area is 237 Å². The lowest BCUT2D eigenvalue weighted by Gasteiger charge is -2.32. The molecule has 0 aliphatic rings. The maximum absolute atomic E-state index is 14.7. The second kappa shape index (κ2) is 13.1. The van der Waals surface area contributed by atoms with Crippen LogP contribution in [0, 0.1) is 32.5 Å². The highest BCUT2D eigenvalue weighted by Gasteiger charge is 2.33. The molecule has 1 atom stereocenters. The summed E-state index contributed by atoms with van der Waals surface area (Å²) >= 11 is 0. The number of anilines is 1. The Morgan fingerprint density at radius 1 is 0.900 bits per heavy atom. The molecule has 0 fully saturated rings. The van der Waals surface area contributed by atoms with Crippen LogP contribution < -0.4 is 9.62 Å². The Kier molecular flexibility index (Phi) is 10.1. The second-order valence-electron chi connectivity index (χ2n) is 10.5. The minimum atomic E-state index is -4.18. The maximum atomic E-state index is 14.7. The Balaban J connectivity index is 2.07. The number of halogens is 1. The Morgan fingerprint density at radius 3 is 2.17 bits per heavy atom. The predicted molar refractivity (Wildman–Crippen MR) is 156 cm³/mol. The van der Waals surface area contributed by atoms with Crippen molar-refractivity contribution < 1.29 is 22.4 Å². The molecule has 1 N–H and O–H groups in total. The average Bonchev–Trinajstić information content (AvgIpc) is 2.91. The second-order valence-corrected chi connectivity index (χ2v) is 12.3. The summed E-state index contributed by atoms with van der Waals surface area (Å²) in [6.07, 6.45) is 0. The van der Waals surface area contributed by atoms with Crippen molar-refractivity contribution in [1.29, 1.82) is 0 Å². The standard InChI is InChI=1S/C31H38FN3O4S/c1-21(2)18-33-31(37)25(6)34(19-26-11-7-8-12-28(26)32)30(36)20-35(29-13-9-10-23(4)24(29)5)40(38,39)27-16-14-22(3)15-17-27/h7-17,21,25H,18-20H2,1-6H3,(H,33,37)/t25-/m1/s1. The van der Waals surface area contributed by atoms with Crippen molar-refractivity contribution in [1.82, 2.24) is 10.2 Å². The first-order valence-electron chi connectivity index (χ1n) is 13.3. The van der Waals surface area contributed by atoms with E-state index in [1.54, 1.807) is 56.3 Å². The van der Waals surface area contributed by atoms with Gasteiger partial charge in [-0.15, -0.1) is 0 Å². The molecule has 9 heteroatoms. The third-order valence-electron chi connectivity index (χ3n) is 6.88. The summed E-state index contributed by atoms with van der Waals surface area (Å²) < 4.78 is 43.7. The lowest BCUT2D eigenvalue weighted by molar-refractivity contribution is -0.139. The van der Waals surface area contributed by atoms with E-state index in [1.165, 1.54) is 23.1 Å². The van der Waals surface area contributed by atoms with Crippen molar-refractivity contribution in [2.75, 3.05) is 17.4 Å². The largest absolute Gasteiger partial charge is 0.354 e. The van der Waals surface area contributed by atoms with Crippen LogP contribution in [0.3, 0.4) is 0 Å². The van der Waals surface area contributed by atoms with Gasteiger partial charge in [-0.25, -0.2) is 12.8 Å². The first kappa shape index (κ1) is 30.8. The fourth-order valence-corrected chi connectivity index (χ4v) is 5.67. The molecule has 0 spiro atoms. The van der Waals surface area contributed by atoms with Crippen molar-refractivity contribution >= 4 is 27.5 Å². The third kappa shape index (κ3) is 7.27. The summed E-state index contributed by atoms with van der Waals surface area (Å²) in [6.45, 7) is 10.6. The molecule has 214 valence electrons. The zero-order valence-corrected chi connectivity index (χ0v) is 24.8. The zero-order valence-electron chi connectivity index (χ0n) is 23.9. The molecule has 0 aliphatic heterocycles. The molecule has 0 aromatic heterocycles. The lowest BCUT2D eigenvalue weighted by Crippen LogP contribution is -2.51. The normalized spacial score (nSPS) is 12.2. The number of carbonyl (C=O) groups is 2.